The number of halogens is 1. The van der Waals surface area contributed by atoms with E-state index in [0.717, 1.165) is 18.4 Å². The number of hydrogen-bond acceptors (Lipinski definition) is 3. The van der Waals surface area contributed by atoms with E-state index in [2.05, 4.69) is 5.10 Å². The Kier molecular flexibility index (Phi) is 5.58. The largest absolute Gasteiger partial charge is 0.478 e. The number of hydrogen-bond donors (Lipinski definition) is 1. The van der Waals surface area contributed by atoms with Crippen LogP contribution in [0.2, 0.25) is 0 Å². The van der Waals surface area contributed by atoms with E-state index in [0.29, 0.717) is 25.2 Å². The summed E-state index contributed by atoms with van der Waals surface area (Å²) in [4.78, 5) is 25.6. The number of carbonyl (C=O) groups excluding carboxylic acids is 1. The van der Waals surface area contributed by atoms with Crippen molar-refractivity contribution in [1.29, 1.82) is 0 Å². The fraction of sp³-hybridized carbons (Fsp3) is 0.450. The van der Waals surface area contributed by atoms with Gasteiger partial charge in [-0.1, -0.05) is 19.1 Å². The van der Waals surface area contributed by atoms with Crippen LogP contribution in [0.5, 0.6) is 0 Å². The molecule has 1 aliphatic rings. The molecule has 1 saturated heterocycles. The highest BCUT2D eigenvalue weighted by molar-refractivity contribution is 5.88. The highest BCUT2D eigenvalue weighted by atomic mass is 19.1. The molecule has 3 rings (SSSR count). The van der Waals surface area contributed by atoms with Crippen LogP contribution in [0.25, 0.3) is 0 Å². The predicted octanol–water partition coefficient (Wildman–Crippen LogP) is 3.39. The van der Waals surface area contributed by atoms with Crippen LogP contribution >= 0.6 is 0 Å². The third-order valence-corrected chi connectivity index (χ3v) is 5.34. The van der Waals surface area contributed by atoms with E-state index in [1.54, 1.807) is 17.7 Å². The molecule has 1 aromatic heterocycles. The van der Waals surface area contributed by atoms with Crippen LogP contribution < -0.4 is 0 Å². The van der Waals surface area contributed by atoms with Crippen molar-refractivity contribution in [3.05, 3.63) is 53.1 Å². The first-order valence-corrected chi connectivity index (χ1v) is 9.17. The molecule has 7 heteroatoms. The molecule has 144 valence electrons. The number of carboxylic acids is 1. The van der Waals surface area contributed by atoms with E-state index in [1.165, 1.54) is 18.3 Å². The molecule has 1 aromatic carbocycles. The minimum Gasteiger partial charge on any atom is -0.478 e. The van der Waals surface area contributed by atoms with Gasteiger partial charge in [0.25, 0.3) is 0 Å². The quantitative estimate of drug-likeness (QED) is 0.872. The SMILES string of the molecule is Cc1c(C(=O)O)cnn1C1CCN(C(=O)CC(C)c2cccc(F)c2)CC1. The zero-order valence-corrected chi connectivity index (χ0v) is 15.6. The maximum atomic E-state index is 13.4. The first-order chi connectivity index (χ1) is 12.9. The summed E-state index contributed by atoms with van der Waals surface area (Å²) >= 11 is 0. The van der Waals surface area contributed by atoms with Crippen molar-refractivity contribution < 1.29 is 19.1 Å². The summed E-state index contributed by atoms with van der Waals surface area (Å²) < 4.78 is 15.1. The Morgan fingerprint density at radius 2 is 2.04 bits per heavy atom. The number of likely N-dealkylation sites (tertiary alicyclic amines) is 1. The monoisotopic (exact) mass is 373 g/mol. The van der Waals surface area contributed by atoms with Gasteiger partial charge in [0.2, 0.25) is 5.91 Å². The van der Waals surface area contributed by atoms with E-state index >= 15 is 0 Å². The Balaban J connectivity index is 1.57. The summed E-state index contributed by atoms with van der Waals surface area (Å²) in [5.41, 5.74) is 1.69. The second kappa shape index (κ2) is 7.90. The summed E-state index contributed by atoms with van der Waals surface area (Å²) in [5.74, 6) is -1.24. The van der Waals surface area contributed by atoms with Crippen LogP contribution in [-0.4, -0.2) is 44.8 Å². The highest BCUT2D eigenvalue weighted by Crippen LogP contribution is 2.27. The topological polar surface area (TPSA) is 75.4 Å². The molecule has 0 aliphatic carbocycles. The van der Waals surface area contributed by atoms with Crippen molar-refractivity contribution in [2.24, 2.45) is 0 Å². The number of amides is 1. The number of benzene rings is 1. The van der Waals surface area contributed by atoms with Crippen molar-refractivity contribution in [2.75, 3.05) is 13.1 Å². The van der Waals surface area contributed by atoms with Gasteiger partial charge in [0.15, 0.2) is 0 Å². The lowest BCUT2D eigenvalue weighted by Gasteiger charge is -2.33. The molecular weight excluding hydrogens is 349 g/mol. The Morgan fingerprint density at radius 3 is 2.63 bits per heavy atom. The third-order valence-electron chi connectivity index (χ3n) is 5.34. The molecule has 2 aromatic rings. The molecule has 0 saturated carbocycles. The summed E-state index contributed by atoms with van der Waals surface area (Å²) in [6.45, 7) is 4.91. The molecule has 1 fully saturated rings. The summed E-state index contributed by atoms with van der Waals surface area (Å²) in [6.07, 6.45) is 3.21. The van der Waals surface area contributed by atoms with Gasteiger partial charge in [-0.3, -0.25) is 9.48 Å². The van der Waals surface area contributed by atoms with Gasteiger partial charge in [-0.25, -0.2) is 9.18 Å². The van der Waals surface area contributed by atoms with Crippen LogP contribution in [0.3, 0.4) is 0 Å². The van der Waals surface area contributed by atoms with Crippen molar-refractivity contribution in [2.45, 2.75) is 45.1 Å². The van der Waals surface area contributed by atoms with Gasteiger partial charge in [0, 0.05) is 19.5 Å². The molecule has 1 aliphatic heterocycles. The fourth-order valence-electron chi connectivity index (χ4n) is 3.68. The standard InChI is InChI=1S/C20H24FN3O3/c1-13(15-4-3-5-16(21)11-15)10-19(25)23-8-6-17(7-9-23)24-14(2)18(12-22-24)20(26)27/h3-5,11-13,17H,6-10H2,1-2H3,(H,26,27). The van der Waals surface area contributed by atoms with Crippen molar-refractivity contribution in [1.82, 2.24) is 14.7 Å². The minimum atomic E-state index is -0.974. The zero-order chi connectivity index (χ0) is 19.6. The Morgan fingerprint density at radius 1 is 1.33 bits per heavy atom. The first-order valence-electron chi connectivity index (χ1n) is 9.17. The van der Waals surface area contributed by atoms with Crippen molar-refractivity contribution in [3.63, 3.8) is 0 Å². The number of carbonyl (C=O) groups is 2. The fourth-order valence-corrected chi connectivity index (χ4v) is 3.68. The lowest BCUT2D eigenvalue weighted by molar-refractivity contribution is -0.132. The average molecular weight is 373 g/mol. The van der Waals surface area contributed by atoms with Gasteiger partial charge < -0.3 is 10.0 Å². The molecule has 6 nitrogen and oxygen atoms in total. The number of aromatic nitrogens is 2. The first kappa shape index (κ1) is 19.1. The van der Waals surface area contributed by atoms with Gasteiger partial charge in [0.1, 0.15) is 11.4 Å². The van der Waals surface area contributed by atoms with Gasteiger partial charge in [-0.05, 0) is 43.4 Å². The Bertz CT molecular complexity index is 841. The molecule has 1 unspecified atom stereocenters. The molecule has 1 atom stereocenters. The van der Waals surface area contributed by atoms with Crippen LogP contribution in [0.4, 0.5) is 4.39 Å². The Labute approximate surface area is 157 Å². The second-order valence-corrected chi connectivity index (χ2v) is 7.17. The Hall–Kier alpha value is -2.70. The van der Waals surface area contributed by atoms with Crippen LogP contribution in [0.1, 0.15) is 59.8 Å². The van der Waals surface area contributed by atoms with Crippen molar-refractivity contribution in [3.8, 4) is 0 Å². The molecule has 1 amide bonds. The number of piperidine rings is 1. The summed E-state index contributed by atoms with van der Waals surface area (Å²) in [5, 5.41) is 13.4. The van der Waals surface area contributed by atoms with Gasteiger partial charge in [-0.2, -0.15) is 5.10 Å². The van der Waals surface area contributed by atoms with E-state index < -0.39 is 5.97 Å². The van der Waals surface area contributed by atoms with Gasteiger partial charge in [-0.15, -0.1) is 0 Å². The highest BCUT2D eigenvalue weighted by Gasteiger charge is 2.27. The maximum absolute atomic E-state index is 13.4. The predicted molar refractivity (Wildman–Crippen MR) is 98.2 cm³/mol. The number of rotatable bonds is 5. The lowest BCUT2D eigenvalue weighted by Crippen LogP contribution is -2.39. The zero-order valence-electron chi connectivity index (χ0n) is 15.6. The molecular formula is C20H24FN3O3. The molecule has 2 heterocycles. The van der Waals surface area contributed by atoms with Crippen LogP contribution in [0, 0.1) is 12.7 Å². The average Bonchev–Trinajstić information content (AvgIpc) is 3.03. The number of nitrogens with zero attached hydrogens (tertiary/aromatic N) is 3. The normalized spacial score (nSPS) is 16.3. The van der Waals surface area contributed by atoms with Crippen molar-refractivity contribution >= 4 is 11.9 Å². The molecule has 27 heavy (non-hydrogen) atoms. The van der Waals surface area contributed by atoms with Crippen LogP contribution in [-0.2, 0) is 4.79 Å². The number of carboxylic acid groups (broad SMARTS) is 1. The minimum absolute atomic E-state index is 0.0441. The van der Waals surface area contributed by atoms with E-state index in [4.69, 9.17) is 5.11 Å². The molecule has 1 N–H and O–H groups in total. The molecule has 0 bridgehead atoms. The lowest BCUT2D eigenvalue weighted by atomic mass is 9.96. The summed E-state index contributed by atoms with van der Waals surface area (Å²) in [6, 6.07) is 6.48. The van der Waals surface area contributed by atoms with E-state index in [1.807, 2.05) is 17.9 Å². The summed E-state index contributed by atoms with van der Waals surface area (Å²) in [7, 11) is 0. The van der Waals surface area contributed by atoms with Crippen LogP contribution in [0.15, 0.2) is 30.5 Å². The third kappa shape index (κ3) is 4.18. The van der Waals surface area contributed by atoms with E-state index in [-0.39, 0.29) is 29.2 Å². The molecule has 0 radical (unpaired) electrons. The number of aromatic carboxylic acids is 1. The van der Waals surface area contributed by atoms with Gasteiger partial charge >= 0.3 is 5.97 Å². The second-order valence-electron chi connectivity index (χ2n) is 7.17. The maximum Gasteiger partial charge on any atom is 0.339 e. The van der Waals surface area contributed by atoms with Gasteiger partial charge in [0.05, 0.1) is 17.9 Å². The molecule has 0 spiro atoms. The smallest absolute Gasteiger partial charge is 0.339 e. The van der Waals surface area contributed by atoms with E-state index in [9.17, 15) is 14.0 Å².